The van der Waals surface area contributed by atoms with E-state index in [2.05, 4.69) is 142 Å². The summed E-state index contributed by atoms with van der Waals surface area (Å²) in [4.78, 5) is 38.2. The smallest absolute Gasteiger partial charge is 0.306 e. The summed E-state index contributed by atoms with van der Waals surface area (Å²) in [5, 5.41) is 0. The summed E-state index contributed by atoms with van der Waals surface area (Å²) in [6.07, 6.45) is 87.8. The lowest BCUT2D eigenvalue weighted by atomic mass is 10.0. The second-order valence-electron chi connectivity index (χ2n) is 20.5. The summed E-state index contributed by atoms with van der Waals surface area (Å²) in [5.41, 5.74) is 0. The van der Waals surface area contributed by atoms with Crippen LogP contribution < -0.4 is 0 Å². The third-order valence-corrected chi connectivity index (χ3v) is 13.2. The molecule has 1 unspecified atom stereocenters. The highest BCUT2D eigenvalue weighted by molar-refractivity contribution is 5.71. The molecule has 432 valence electrons. The van der Waals surface area contributed by atoms with E-state index in [-0.39, 0.29) is 31.1 Å². The average molecular weight is 1050 g/mol. The molecule has 0 fully saturated rings. The van der Waals surface area contributed by atoms with Crippen LogP contribution in [0, 0.1) is 0 Å². The van der Waals surface area contributed by atoms with E-state index in [9.17, 15) is 14.4 Å². The molecule has 1 atom stereocenters. The molecule has 0 bridgehead atoms. The predicted octanol–water partition coefficient (Wildman–Crippen LogP) is 21.6. The van der Waals surface area contributed by atoms with E-state index in [1.54, 1.807) is 0 Å². The predicted molar refractivity (Wildman–Crippen MR) is 330 cm³/mol. The number of rotatable bonds is 56. The number of carbonyl (C=O) groups excluding carboxylic acids is 3. The highest BCUT2D eigenvalue weighted by Gasteiger charge is 2.19. The van der Waals surface area contributed by atoms with Crippen LogP contribution in [0.1, 0.15) is 284 Å². The van der Waals surface area contributed by atoms with Gasteiger partial charge in [-0.25, -0.2) is 0 Å². The van der Waals surface area contributed by atoms with Crippen LogP contribution in [0.25, 0.3) is 0 Å². The van der Waals surface area contributed by atoms with Gasteiger partial charge in [-0.1, -0.05) is 264 Å². The Bertz CT molecular complexity index is 1590. The van der Waals surface area contributed by atoms with Gasteiger partial charge in [0.1, 0.15) is 13.2 Å². The van der Waals surface area contributed by atoms with Crippen LogP contribution >= 0.6 is 0 Å². The number of esters is 3. The highest BCUT2D eigenvalue weighted by Crippen LogP contribution is 2.16. The van der Waals surface area contributed by atoms with Gasteiger partial charge in [-0.15, -0.1) is 0 Å². The first-order chi connectivity index (χ1) is 37.5. The molecule has 0 aliphatic carbocycles. The minimum absolute atomic E-state index is 0.0902. The summed E-state index contributed by atoms with van der Waals surface area (Å²) < 4.78 is 16.9. The molecule has 0 spiro atoms. The van der Waals surface area contributed by atoms with Crippen LogP contribution in [0.15, 0.2) is 122 Å². The van der Waals surface area contributed by atoms with Crippen molar-refractivity contribution >= 4 is 17.9 Å². The summed E-state index contributed by atoms with van der Waals surface area (Å²) in [6, 6.07) is 0. The lowest BCUT2D eigenvalue weighted by Gasteiger charge is -2.18. The van der Waals surface area contributed by atoms with E-state index in [1.807, 2.05) is 0 Å². The Hall–Kier alpha value is -4.19. The molecular weight excluding hydrogens is 937 g/mol. The molecule has 0 saturated carbocycles. The Morgan fingerprint density at radius 2 is 0.513 bits per heavy atom. The summed E-state index contributed by atoms with van der Waals surface area (Å²) >= 11 is 0. The van der Waals surface area contributed by atoms with Crippen LogP contribution in [0.4, 0.5) is 0 Å². The van der Waals surface area contributed by atoms with Gasteiger partial charge in [-0.3, -0.25) is 14.4 Å². The number of ether oxygens (including phenoxy) is 3. The molecular formula is C70H116O6. The van der Waals surface area contributed by atoms with Crippen LogP contribution in [0.2, 0.25) is 0 Å². The molecule has 0 aromatic heterocycles. The Labute approximate surface area is 469 Å². The van der Waals surface area contributed by atoms with Crippen LogP contribution in [0.5, 0.6) is 0 Å². The molecule has 0 saturated heterocycles. The molecule has 0 N–H and O–H groups in total. The zero-order valence-corrected chi connectivity index (χ0v) is 49.5. The molecule has 0 heterocycles. The second kappa shape index (κ2) is 63.3. The standard InChI is InChI=1S/C70H116O6/c1-4-7-10-13-16-19-22-24-26-28-30-32-33-34-35-36-37-39-40-42-44-46-48-51-54-57-60-63-69(72)75-66-67(65-74-68(71)62-59-56-53-50-21-18-15-12-9-6-3)76-70(73)64-61-58-55-52-49-47-45-43-41-38-31-29-27-25-23-20-17-14-11-8-5-2/h7-8,10-12,15-17,19-20,24-27,30-32,38,43,45,67H,4-6,9,13-14,18,21-23,28-29,33-37,39-42,44,46-66H2,1-3H3/b10-7-,11-8-,15-12-,19-16-,20-17-,26-24-,27-25-,32-30-,38-31-,45-43-. The van der Waals surface area contributed by atoms with Gasteiger partial charge in [0.2, 0.25) is 0 Å². The van der Waals surface area contributed by atoms with Gasteiger partial charge in [0.15, 0.2) is 6.10 Å². The minimum atomic E-state index is -0.795. The van der Waals surface area contributed by atoms with Gasteiger partial charge >= 0.3 is 17.9 Å². The summed E-state index contributed by atoms with van der Waals surface area (Å²) in [6.45, 7) is 6.34. The number of carbonyl (C=O) groups is 3. The second-order valence-corrected chi connectivity index (χ2v) is 20.5. The largest absolute Gasteiger partial charge is 0.462 e. The van der Waals surface area contributed by atoms with E-state index in [0.29, 0.717) is 19.3 Å². The maximum absolute atomic E-state index is 12.9. The first-order valence-electron chi connectivity index (χ1n) is 31.5. The summed E-state index contributed by atoms with van der Waals surface area (Å²) in [7, 11) is 0. The molecule has 0 amide bonds. The fourth-order valence-corrected chi connectivity index (χ4v) is 8.52. The highest BCUT2D eigenvalue weighted by atomic mass is 16.6. The first-order valence-corrected chi connectivity index (χ1v) is 31.5. The number of hydrogen-bond acceptors (Lipinski definition) is 6. The monoisotopic (exact) mass is 1050 g/mol. The van der Waals surface area contributed by atoms with Crippen molar-refractivity contribution in [2.24, 2.45) is 0 Å². The Morgan fingerprint density at radius 1 is 0.276 bits per heavy atom. The number of hydrogen-bond donors (Lipinski definition) is 0. The van der Waals surface area contributed by atoms with Crippen molar-refractivity contribution in [3.63, 3.8) is 0 Å². The molecule has 0 radical (unpaired) electrons. The fourth-order valence-electron chi connectivity index (χ4n) is 8.52. The lowest BCUT2D eigenvalue weighted by Crippen LogP contribution is -2.30. The van der Waals surface area contributed by atoms with Crippen molar-refractivity contribution < 1.29 is 28.6 Å². The van der Waals surface area contributed by atoms with Crippen molar-refractivity contribution in [1.82, 2.24) is 0 Å². The van der Waals surface area contributed by atoms with Gasteiger partial charge in [0.25, 0.3) is 0 Å². The first kappa shape index (κ1) is 71.8. The fraction of sp³-hybridized carbons (Fsp3) is 0.671. The Balaban J connectivity index is 4.27. The van der Waals surface area contributed by atoms with Crippen molar-refractivity contribution in [1.29, 1.82) is 0 Å². The van der Waals surface area contributed by atoms with Crippen molar-refractivity contribution in [2.75, 3.05) is 13.2 Å². The zero-order valence-electron chi connectivity index (χ0n) is 49.5. The lowest BCUT2D eigenvalue weighted by molar-refractivity contribution is -0.167. The molecule has 76 heavy (non-hydrogen) atoms. The molecule has 0 aliphatic rings. The normalized spacial score (nSPS) is 12.9. The average Bonchev–Trinajstić information content (AvgIpc) is 3.42. The number of allylic oxidation sites excluding steroid dienone is 20. The molecule has 0 aromatic rings. The molecule has 6 heteroatoms. The summed E-state index contributed by atoms with van der Waals surface area (Å²) in [5.74, 6) is -0.918. The Morgan fingerprint density at radius 3 is 0.816 bits per heavy atom. The third kappa shape index (κ3) is 60.7. The van der Waals surface area contributed by atoms with Gasteiger partial charge < -0.3 is 14.2 Å². The van der Waals surface area contributed by atoms with Crippen LogP contribution in [-0.4, -0.2) is 37.2 Å². The van der Waals surface area contributed by atoms with Gasteiger partial charge in [0, 0.05) is 19.3 Å². The van der Waals surface area contributed by atoms with Crippen molar-refractivity contribution in [3.05, 3.63) is 122 Å². The molecule has 0 rings (SSSR count). The minimum Gasteiger partial charge on any atom is -0.462 e. The maximum atomic E-state index is 12.9. The van der Waals surface area contributed by atoms with Gasteiger partial charge in [-0.2, -0.15) is 0 Å². The zero-order chi connectivity index (χ0) is 55.0. The molecule has 0 aliphatic heterocycles. The number of unbranched alkanes of at least 4 members (excludes halogenated alkanes) is 25. The molecule has 0 aromatic carbocycles. The van der Waals surface area contributed by atoms with Crippen LogP contribution in [0.3, 0.4) is 0 Å². The SMILES string of the molecule is CC/C=C\C/C=C\C/C=C\C/C=C\C/C=C\CCCCCCCC(=O)OC(COC(=O)CCCCCCC/C=C\CCC)COC(=O)CCCCCCCCCCCCCCCC/C=C\C/C=C\C/C=C\C/C=C\CC. The van der Waals surface area contributed by atoms with Crippen molar-refractivity contribution in [2.45, 2.75) is 290 Å². The van der Waals surface area contributed by atoms with Crippen molar-refractivity contribution in [3.8, 4) is 0 Å². The topological polar surface area (TPSA) is 78.9 Å². The molecule has 6 nitrogen and oxygen atoms in total. The van der Waals surface area contributed by atoms with Crippen LogP contribution in [-0.2, 0) is 28.6 Å². The Kier molecular flexibility index (Phi) is 59.9. The van der Waals surface area contributed by atoms with E-state index in [4.69, 9.17) is 14.2 Å². The van der Waals surface area contributed by atoms with E-state index in [1.165, 1.54) is 89.9 Å². The maximum Gasteiger partial charge on any atom is 0.306 e. The third-order valence-electron chi connectivity index (χ3n) is 13.2. The van der Waals surface area contributed by atoms with E-state index < -0.39 is 6.10 Å². The van der Waals surface area contributed by atoms with E-state index >= 15 is 0 Å². The van der Waals surface area contributed by atoms with E-state index in [0.717, 1.165) is 154 Å². The van der Waals surface area contributed by atoms with Gasteiger partial charge in [-0.05, 0) is 122 Å². The van der Waals surface area contributed by atoms with Gasteiger partial charge in [0.05, 0.1) is 0 Å². The quantitative estimate of drug-likeness (QED) is 0.0261.